The van der Waals surface area contributed by atoms with Crippen LogP contribution >= 0.6 is 0 Å². The Morgan fingerprint density at radius 3 is 2.67 bits per heavy atom. The Hall–Kier alpha value is -2.15. The number of aliphatic hydroxyl groups excluding tert-OH is 5. The maximum Gasteiger partial charge on any atom is 0.167 e. The van der Waals surface area contributed by atoms with Crippen molar-refractivity contribution in [3.8, 4) is 0 Å². The fourth-order valence-corrected chi connectivity index (χ4v) is 2.87. The molecule has 27 heavy (non-hydrogen) atoms. The van der Waals surface area contributed by atoms with Crippen LogP contribution in [0.5, 0.6) is 0 Å². The van der Waals surface area contributed by atoms with Crippen LogP contribution in [0.25, 0.3) is 11.2 Å². The molecule has 1 unspecified atom stereocenters. The number of imidazole rings is 1. The van der Waals surface area contributed by atoms with Crippen LogP contribution in [0.4, 0.5) is 5.82 Å². The van der Waals surface area contributed by atoms with E-state index in [9.17, 15) is 20.4 Å². The molecule has 6 N–H and O–H groups in total. The van der Waals surface area contributed by atoms with E-state index in [1.807, 2.05) is 6.08 Å². The monoisotopic (exact) mass is 381 g/mol. The van der Waals surface area contributed by atoms with Crippen LogP contribution in [0.2, 0.25) is 0 Å². The first kappa shape index (κ1) is 19.6. The van der Waals surface area contributed by atoms with Gasteiger partial charge < -0.3 is 35.6 Å². The molecule has 3 heterocycles. The Kier molecular flexibility index (Phi) is 5.99. The van der Waals surface area contributed by atoms with Crippen molar-refractivity contribution in [1.29, 1.82) is 0 Å². The molecule has 1 fully saturated rings. The molecule has 1 aliphatic heterocycles. The van der Waals surface area contributed by atoms with Crippen molar-refractivity contribution in [1.82, 2.24) is 19.5 Å². The number of ether oxygens (including phenoxy) is 1. The van der Waals surface area contributed by atoms with Gasteiger partial charge in [0.2, 0.25) is 0 Å². The Labute approximate surface area is 154 Å². The largest absolute Gasteiger partial charge is 0.394 e. The van der Waals surface area contributed by atoms with Crippen LogP contribution in [0.3, 0.4) is 0 Å². The lowest BCUT2D eigenvalue weighted by Crippen LogP contribution is -2.56. The molecule has 0 saturated carbocycles. The van der Waals surface area contributed by atoms with E-state index in [4.69, 9.17) is 9.84 Å². The Morgan fingerprint density at radius 1 is 1.19 bits per heavy atom. The standard InChI is InChI=1S/C16H23N5O6/c1-8(4-22)2-3-17-14-10-15(19-6-18-14)21(7-20-10)16-13(26)12(25)11(24)9(5-23)27-16/h2,6-7,9,11-13,16,22-26H,3-5H2,1H3,(H,17,18,19)/t9-,11-,12+,13-,16?/m1/s1. The topological polar surface area (TPSA) is 166 Å². The fraction of sp³-hybridized carbons (Fsp3) is 0.562. The zero-order chi connectivity index (χ0) is 19.6. The fourth-order valence-electron chi connectivity index (χ4n) is 2.87. The summed E-state index contributed by atoms with van der Waals surface area (Å²) in [6, 6.07) is 0. The van der Waals surface area contributed by atoms with Crippen LogP contribution in [0, 0.1) is 0 Å². The van der Waals surface area contributed by atoms with E-state index in [0.717, 1.165) is 5.57 Å². The second-order valence-corrected chi connectivity index (χ2v) is 6.36. The van der Waals surface area contributed by atoms with Crippen molar-refractivity contribution in [3.63, 3.8) is 0 Å². The number of nitrogens with zero attached hydrogens (tertiary/aromatic N) is 4. The number of rotatable bonds is 6. The van der Waals surface area contributed by atoms with Gasteiger partial charge in [0.05, 0.1) is 19.5 Å². The third kappa shape index (κ3) is 3.78. The lowest BCUT2D eigenvalue weighted by Gasteiger charge is -2.40. The smallest absolute Gasteiger partial charge is 0.167 e. The van der Waals surface area contributed by atoms with Gasteiger partial charge in [0.1, 0.15) is 30.7 Å². The predicted molar refractivity (Wildman–Crippen MR) is 93.7 cm³/mol. The van der Waals surface area contributed by atoms with Gasteiger partial charge in [0, 0.05) is 6.54 Å². The highest BCUT2D eigenvalue weighted by molar-refractivity contribution is 5.82. The lowest BCUT2D eigenvalue weighted by atomic mass is 9.98. The van der Waals surface area contributed by atoms with E-state index in [2.05, 4.69) is 20.3 Å². The molecule has 2 aromatic heterocycles. The molecule has 0 radical (unpaired) electrons. The summed E-state index contributed by atoms with van der Waals surface area (Å²) in [5, 5.41) is 51.6. The lowest BCUT2D eigenvalue weighted by molar-refractivity contribution is -0.250. The summed E-state index contributed by atoms with van der Waals surface area (Å²) in [6.07, 6.45) is -2.00. The van der Waals surface area contributed by atoms with E-state index < -0.39 is 37.3 Å². The number of hydrogen-bond donors (Lipinski definition) is 6. The first-order chi connectivity index (χ1) is 13.0. The van der Waals surface area contributed by atoms with E-state index in [0.29, 0.717) is 23.5 Å². The van der Waals surface area contributed by atoms with Crippen LogP contribution in [-0.4, -0.2) is 89.2 Å². The summed E-state index contributed by atoms with van der Waals surface area (Å²) < 4.78 is 6.96. The van der Waals surface area contributed by atoms with E-state index in [-0.39, 0.29) is 6.61 Å². The highest BCUT2D eigenvalue weighted by atomic mass is 16.6. The molecule has 11 heteroatoms. The van der Waals surface area contributed by atoms with Gasteiger partial charge in [-0.15, -0.1) is 0 Å². The summed E-state index contributed by atoms with van der Waals surface area (Å²) in [5.41, 5.74) is 1.57. The van der Waals surface area contributed by atoms with Gasteiger partial charge in [-0.25, -0.2) is 15.0 Å². The van der Waals surface area contributed by atoms with Crippen LogP contribution in [0.1, 0.15) is 13.2 Å². The molecule has 2 aromatic rings. The normalized spacial score (nSPS) is 29.3. The van der Waals surface area contributed by atoms with Crippen LogP contribution in [-0.2, 0) is 4.74 Å². The Morgan fingerprint density at radius 2 is 1.96 bits per heavy atom. The van der Waals surface area contributed by atoms with Gasteiger partial charge in [-0.1, -0.05) is 11.6 Å². The zero-order valence-electron chi connectivity index (χ0n) is 14.7. The van der Waals surface area contributed by atoms with E-state index in [1.165, 1.54) is 17.2 Å². The highest BCUT2D eigenvalue weighted by Gasteiger charge is 2.44. The minimum atomic E-state index is -1.50. The summed E-state index contributed by atoms with van der Waals surface area (Å²) in [5.74, 6) is 0.449. The first-order valence-electron chi connectivity index (χ1n) is 8.46. The molecule has 148 valence electrons. The molecule has 11 nitrogen and oxygen atoms in total. The number of anilines is 1. The van der Waals surface area contributed by atoms with Crippen LogP contribution < -0.4 is 5.32 Å². The Balaban J connectivity index is 1.89. The van der Waals surface area contributed by atoms with E-state index in [1.54, 1.807) is 6.92 Å². The molecule has 0 bridgehead atoms. The third-order valence-corrected chi connectivity index (χ3v) is 4.47. The minimum absolute atomic E-state index is 0.0351. The van der Waals surface area contributed by atoms with Gasteiger partial charge >= 0.3 is 0 Å². The second kappa shape index (κ2) is 8.25. The first-order valence-corrected chi connectivity index (χ1v) is 8.46. The molecule has 5 atom stereocenters. The number of aromatic nitrogens is 4. The average molecular weight is 381 g/mol. The number of fused-ring (bicyclic) bond motifs is 1. The SMILES string of the molecule is CC(=CCNc1ncnc2c1ncn2C1O[C@H](CO)[C@@H](O)[C@H](O)[C@H]1O)CO. The van der Waals surface area contributed by atoms with Crippen molar-refractivity contribution < 1.29 is 30.3 Å². The molecule has 0 aromatic carbocycles. The molecule has 3 rings (SSSR count). The maximum absolute atomic E-state index is 10.3. The van der Waals surface area contributed by atoms with Gasteiger partial charge in [-0.05, 0) is 6.92 Å². The molecule has 0 aliphatic carbocycles. The summed E-state index contributed by atoms with van der Waals surface area (Å²) >= 11 is 0. The highest BCUT2D eigenvalue weighted by Crippen LogP contribution is 2.31. The molecule has 1 aliphatic rings. The summed E-state index contributed by atoms with van der Waals surface area (Å²) in [6.45, 7) is 1.66. The van der Waals surface area contributed by atoms with Crippen molar-refractivity contribution in [2.75, 3.05) is 25.1 Å². The van der Waals surface area contributed by atoms with Crippen molar-refractivity contribution in [2.45, 2.75) is 37.6 Å². The molecule has 1 saturated heterocycles. The van der Waals surface area contributed by atoms with Crippen molar-refractivity contribution in [2.24, 2.45) is 0 Å². The quantitative estimate of drug-likeness (QED) is 0.313. The Bertz CT molecular complexity index is 810. The van der Waals surface area contributed by atoms with Crippen molar-refractivity contribution in [3.05, 3.63) is 24.3 Å². The third-order valence-electron chi connectivity index (χ3n) is 4.47. The van der Waals surface area contributed by atoms with Gasteiger partial charge in [0.15, 0.2) is 23.2 Å². The summed E-state index contributed by atoms with van der Waals surface area (Å²) in [7, 11) is 0. The van der Waals surface area contributed by atoms with Gasteiger partial charge in [-0.2, -0.15) is 0 Å². The second-order valence-electron chi connectivity index (χ2n) is 6.36. The number of hydrogen-bond acceptors (Lipinski definition) is 10. The van der Waals surface area contributed by atoms with Gasteiger partial charge in [-0.3, -0.25) is 4.57 Å². The molecular weight excluding hydrogens is 358 g/mol. The van der Waals surface area contributed by atoms with Crippen molar-refractivity contribution >= 4 is 17.0 Å². The average Bonchev–Trinajstić information content (AvgIpc) is 3.11. The minimum Gasteiger partial charge on any atom is -0.394 e. The molecule has 0 spiro atoms. The maximum atomic E-state index is 10.3. The predicted octanol–water partition coefficient (Wildman–Crippen LogP) is -1.85. The number of nitrogens with one attached hydrogen (secondary N) is 1. The molecular formula is C16H23N5O6. The molecule has 0 amide bonds. The van der Waals surface area contributed by atoms with Gasteiger partial charge in [0.25, 0.3) is 0 Å². The van der Waals surface area contributed by atoms with E-state index >= 15 is 0 Å². The van der Waals surface area contributed by atoms with Crippen LogP contribution in [0.15, 0.2) is 24.3 Å². The summed E-state index contributed by atoms with van der Waals surface area (Å²) in [4.78, 5) is 12.6. The number of aliphatic hydroxyl groups is 5. The zero-order valence-corrected chi connectivity index (χ0v) is 14.7.